The average Bonchev–Trinajstić information content (AvgIpc) is 2.96. The molecule has 0 aliphatic carbocycles. The topological polar surface area (TPSA) is 24.5 Å². The van der Waals surface area contributed by atoms with E-state index < -0.39 is 0 Å². The number of nitrogens with one attached hydrogen (secondary N) is 1. The summed E-state index contributed by atoms with van der Waals surface area (Å²) in [4.78, 5) is 2.56. The van der Waals surface area contributed by atoms with Gasteiger partial charge in [-0.05, 0) is 56.1 Å². The highest BCUT2D eigenvalue weighted by atomic mass is 79.9. The Morgan fingerprint density at radius 3 is 3.10 bits per heavy atom. The SMILES string of the molecule is CCN(Cc1cc(Br)cc2c1OCC2)CC1CCCNC1. The van der Waals surface area contributed by atoms with Crippen LogP contribution in [0.15, 0.2) is 16.6 Å². The van der Waals surface area contributed by atoms with E-state index in [2.05, 4.69) is 45.2 Å². The summed E-state index contributed by atoms with van der Waals surface area (Å²) in [5.41, 5.74) is 2.69. The minimum absolute atomic E-state index is 0.791. The first kappa shape index (κ1) is 15.3. The van der Waals surface area contributed by atoms with Crippen LogP contribution in [0.4, 0.5) is 0 Å². The molecule has 0 radical (unpaired) electrons. The van der Waals surface area contributed by atoms with Gasteiger partial charge < -0.3 is 10.1 Å². The Morgan fingerprint density at radius 1 is 1.43 bits per heavy atom. The molecule has 21 heavy (non-hydrogen) atoms. The predicted octanol–water partition coefficient (Wildman–Crippen LogP) is 3.21. The zero-order valence-electron chi connectivity index (χ0n) is 12.8. The molecule has 4 heteroatoms. The van der Waals surface area contributed by atoms with Crippen LogP contribution in [0.3, 0.4) is 0 Å². The van der Waals surface area contributed by atoms with Gasteiger partial charge in [-0.25, -0.2) is 0 Å². The average molecular weight is 353 g/mol. The number of ether oxygens (including phenoxy) is 1. The summed E-state index contributed by atoms with van der Waals surface area (Å²) in [5, 5.41) is 3.52. The first-order valence-electron chi connectivity index (χ1n) is 8.13. The lowest BCUT2D eigenvalue weighted by molar-refractivity contribution is 0.207. The third-order valence-corrected chi connectivity index (χ3v) is 5.04. The molecule has 0 spiro atoms. The smallest absolute Gasteiger partial charge is 0.127 e. The summed E-state index contributed by atoms with van der Waals surface area (Å²) >= 11 is 3.64. The van der Waals surface area contributed by atoms with Crippen LogP contribution < -0.4 is 10.1 Å². The van der Waals surface area contributed by atoms with Gasteiger partial charge in [0.15, 0.2) is 0 Å². The van der Waals surface area contributed by atoms with Crippen LogP contribution >= 0.6 is 15.9 Å². The van der Waals surface area contributed by atoms with Crippen molar-refractivity contribution in [1.29, 1.82) is 0 Å². The standard InChI is InChI=1S/C17H25BrN2O/c1-2-20(11-13-4-3-6-19-10-13)12-15-9-16(18)8-14-5-7-21-17(14)15/h8-9,13,19H,2-7,10-12H2,1H3. The predicted molar refractivity (Wildman–Crippen MR) is 89.9 cm³/mol. The maximum atomic E-state index is 5.86. The van der Waals surface area contributed by atoms with Crippen molar-refractivity contribution in [1.82, 2.24) is 10.2 Å². The summed E-state index contributed by atoms with van der Waals surface area (Å²) in [6.07, 6.45) is 3.72. The zero-order valence-corrected chi connectivity index (χ0v) is 14.4. The van der Waals surface area contributed by atoms with E-state index >= 15 is 0 Å². The van der Waals surface area contributed by atoms with Gasteiger partial charge in [0.25, 0.3) is 0 Å². The van der Waals surface area contributed by atoms with Gasteiger partial charge in [-0.1, -0.05) is 22.9 Å². The Morgan fingerprint density at radius 2 is 2.33 bits per heavy atom. The number of hydrogen-bond donors (Lipinski definition) is 1. The molecule has 3 nitrogen and oxygen atoms in total. The quantitative estimate of drug-likeness (QED) is 0.880. The van der Waals surface area contributed by atoms with Crippen molar-refractivity contribution < 1.29 is 4.74 Å². The molecule has 1 aromatic rings. The summed E-state index contributed by atoms with van der Waals surface area (Å²) in [6.45, 7) is 8.73. The Labute approximate surface area is 136 Å². The molecule has 0 bridgehead atoms. The van der Waals surface area contributed by atoms with E-state index in [-0.39, 0.29) is 0 Å². The Kier molecular flexibility index (Phi) is 5.19. The third-order valence-electron chi connectivity index (χ3n) is 4.58. The molecule has 2 heterocycles. The van der Waals surface area contributed by atoms with Gasteiger partial charge in [0, 0.05) is 29.5 Å². The van der Waals surface area contributed by atoms with Gasteiger partial charge in [-0.2, -0.15) is 0 Å². The summed E-state index contributed by atoms with van der Waals surface area (Å²) < 4.78 is 7.04. The van der Waals surface area contributed by atoms with Crippen LogP contribution in [0.2, 0.25) is 0 Å². The molecule has 3 rings (SSSR count). The van der Waals surface area contributed by atoms with Gasteiger partial charge in [0.1, 0.15) is 5.75 Å². The van der Waals surface area contributed by atoms with Crippen molar-refractivity contribution in [3.8, 4) is 5.75 Å². The lowest BCUT2D eigenvalue weighted by atomic mass is 9.98. The second kappa shape index (κ2) is 7.12. The highest BCUT2D eigenvalue weighted by Crippen LogP contribution is 2.33. The Hall–Kier alpha value is -0.580. The number of benzene rings is 1. The van der Waals surface area contributed by atoms with Crippen LogP contribution in [-0.4, -0.2) is 37.7 Å². The normalized spacial score (nSPS) is 21.4. The maximum Gasteiger partial charge on any atom is 0.127 e. The highest BCUT2D eigenvalue weighted by Gasteiger charge is 2.21. The summed E-state index contributed by atoms with van der Waals surface area (Å²) in [7, 11) is 0. The lowest BCUT2D eigenvalue weighted by Gasteiger charge is -2.29. The number of rotatable bonds is 5. The van der Waals surface area contributed by atoms with Crippen molar-refractivity contribution in [2.45, 2.75) is 32.7 Å². The molecule has 2 aliphatic rings. The molecule has 1 aromatic carbocycles. The molecule has 1 atom stereocenters. The van der Waals surface area contributed by atoms with Crippen molar-refractivity contribution in [2.75, 3.05) is 32.8 Å². The van der Waals surface area contributed by atoms with Crippen molar-refractivity contribution in [2.24, 2.45) is 5.92 Å². The molecule has 1 fully saturated rings. The molecule has 1 N–H and O–H groups in total. The second-order valence-electron chi connectivity index (χ2n) is 6.19. The molecule has 0 saturated carbocycles. The number of halogens is 1. The fraction of sp³-hybridized carbons (Fsp3) is 0.647. The molecule has 1 unspecified atom stereocenters. The molecular weight excluding hydrogens is 328 g/mol. The zero-order chi connectivity index (χ0) is 14.7. The number of piperidine rings is 1. The van der Waals surface area contributed by atoms with Gasteiger partial charge >= 0.3 is 0 Å². The maximum absolute atomic E-state index is 5.86. The Bertz CT molecular complexity index is 486. The van der Waals surface area contributed by atoms with Gasteiger partial charge in [-0.3, -0.25) is 4.90 Å². The van der Waals surface area contributed by atoms with Crippen LogP contribution in [0.25, 0.3) is 0 Å². The summed E-state index contributed by atoms with van der Waals surface area (Å²) in [5.74, 6) is 1.93. The van der Waals surface area contributed by atoms with E-state index in [0.29, 0.717) is 0 Å². The largest absolute Gasteiger partial charge is 0.493 e. The van der Waals surface area contributed by atoms with E-state index in [0.717, 1.165) is 37.8 Å². The first-order chi connectivity index (χ1) is 10.3. The molecule has 0 aromatic heterocycles. The fourth-order valence-corrected chi connectivity index (χ4v) is 4.01. The van der Waals surface area contributed by atoms with Crippen LogP contribution in [0, 0.1) is 5.92 Å². The highest BCUT2D eigenvalue weighted by molar-refractivity contribution is 9.10. The third kappa shape index (κ3) is 3.79. The van der Waals surface area contributed by atoms with E-state index in [1.807, 2.05) is 0 Å². The Balaban J connectivity index is 1.69. The van der Waals surface area contributed by atoms with Crippen molar-refractivity contribution in [3.63, 3.8) is 0 Å². The van der Waals surface area contributed by atoms with Crippen molar-refractivity contribution >= 4 is 15.9 Å². The van der Waals surface area contributed by atoms with E-state index in [1.54, 1.807) is 0 Å². The number of fused-ring (bicyclic) bond motifs is 1. The molecular formula is C17H25BrN2O. The number of nitrogens with zero attached hydrogens (tertiary/aromatic N) is 1. The molecule has 2 aliphatic heterocycles. The van der Waals surface area contributed by atoms with Crippen LogP contribution in [0.5, 0.6) is 5.75 Å². The van der Waals surface area contributed by atoms with E-state index in [1.165, 1.54) is 48.1 Å². The molecule has 116 valence electrons. The summed E-state index contributed by atoms with van der Waals surface area (Å²) in [6, 6.07) is 4.43. The van der Waals surface area contributed by atoms with Crippen molar-refractivity contribution in [3.05, 3.63) is 27.7 Å². The monoisotopic (exact) mass is 352 g/mol. The van der Waals surface area contributed by atoms with Gasteiger partial charge in [0.05, 0.1) is 6.61 Å². The van der Waals surface area contributed by atoms with Gasteiger partial charge in [-0.15, -0.1) is 0 Å². The van der Waals surface area contributed by atoms with E-state index in [9.17, 15) is 0 Å². The fourth-order valence-electron chi connectivity index (χ4n) is 3.45. The van der Waals surface area contributed by atoms with Crippen LogP contribution in [0.1, 0.15) is 30.9 Å². The first-order valence-corrected chi connectivity index (χ1v) is 8.92. The van der Waals surface area contributed by atoms with Gasteiger partial charge in [0.2, 0.25) is 0 Å². The van der Waals surface area contributed by atoms with Crippen LogP contribution in [-0.2, 0) is 13.0 Å². The molecule has 0 amide bonds. The minimum atomic E-state index is 0.791. The molecule has 1 saturated heterocycles. The number of hydrogen-bond acceptors (Lipinski definition) is 3. The minimum Gasteiger partial charge on any atom is -0.493 e. The second-order valence-corrected chi connectivity index (χ2v) is 7.11. The lowest BCUT2D eigenvalue weighted by Crippen LogP contribution is -2.38. The van der Waals surface area contributed by atoms with E-state index in [4.69, 9.17) is 4.74 Å².